The topological polar surface area (TPSA) is 133 Å². The zero-order valence-corrected chi connectivity index (χ0v) is 17.5. The number of aromatic nitrogens is 5. The minimum atomic E-state index is -0.728. The van der Waals surface area contributed by atoms with E-state index < -0.39 is 18.3 Å². The fourth-order valence-corrected chi connectivity index (χ4v) is 3.21. The Morgan fingerprint density at radius 1 is 1.39 bits per heavy atom. The second kappa shape index (κ2) is 8.19. The Balaban J connectivity index is 1.55. The maximum atomic E-state index is 12.5. The van der Waals surface area contributed by atoms with E-state index in [1.807, 2.05) is 0 Å². The number of nitrogens with zero attached hydrogens (tertiary/aromatic N) is 5. The molecule has 0 aromatic carbocycles. The first-order chi connectivity index (χ1) is 14.8. The average molecular weight is 444 g/mol. The van der Waals surface area contributed by atoms with Gasteiger partial charge >= 0.3 is 6.09 Å². The number of rotatable bonds is 4. The molecule has 12 heteroatoms. The molecule has 160 valence electrons. The van der Waals surface area contributed by atoms with Gasteiger partial charge in [0.1, 0.15) is 16.9 Å². The van der Waals surface area contributed by atoms with Gasteiger partial charge in [0.25, 0.3) is 5.91 Å². The average Bonchev–Trinajstić information content (AvgIpc) is 3.09. The van der Waals surface area contributed by atoms with E-state index in [1.54, 1.807) is 51.4 Å². The van der Waals surface area contributed by atoms with Gasteiger partial charge in [0.05, 0.1) is 5.69 Å². The molecule has 4 rings (SSSR count). The van der Waals surface area contributed by atoms with E-state index in [0.29, 0.717) is 22.6 Å². The summed E-state index contributed by atoms with van der Waals surface area (Å²) in [5.74, 6) is 0.271. The summed E-state index contributed by atoms with van der Waals surface area (Å²) in [6, 6.07) is 6.71. The van der Waals surface area contributed by atoms with Crippen LogP contribution in [0.1, 0.15) is 25.5 Å². The van der Waals surface area contributed by atoms with Crippen LogP contribution in [0.3, 0.4) is 0 Å². The normalized spacial score (nSPS) is 16.0. The summed E-state index contributed by atoms with van der Waals surface area (Å²) in [5.41, 5.74) is 1.73. The number of hydrogen-bond donors (Lipinski definition) is 2. The molecule has 3 aromatic heterocycles. The van der Waals surface area contributed by atoms with Crippen LogP contribution >= 0.6 is 11.6 Å². The largest absolute Gasteiger partial charge is 0.463 e. The first-order valence-electron chi connectivity index (χ1n) is 9.30. The molecule has 0 radical (unpaired) electrons. The number of halogens is 1. The second-order valence-electron chi connectivity index (χ2n) is 6.76. The van der Waals surface area contributed by atoms with Crippen LogP contribution in [0.2, 0.25) is 5.15 Å². The SMILES string of the molecule is CC1Oc2nc(-c3nnn(C)c3NC(=O)O[C@H](C)c3cccnc3Cl)ccc2NC1=O. The van der Waals surface area contributed by atoms with Crippen molar-refractivity contribution in [1.29, 1.82) is 0 Å². The van der Waals surface area contributed by atoms with Crippen molar-refractivity contribution in [2.45, 2.75) is 26.1 Å². The van der Waals surface area contributed by atoms with Gasteiger partial charge in [0.2, 0.25) is 5.88 Å². The summed E-state index contributed by atoms with van der Waals surface area (Å²) in [6.07, 6.45) is -0.487. The van der Waals surface area contributed by atoms with Crippen LogP contribution in [0.5, 0.6) is 5.88 Å². The van der Waals surface area contributed by atoms with Crippen LogP contribution in [0.25, 0.3) is 11.4 Å². The van der Waals surface area contributed by atoms with Crippen molar-refractivity contribution in [3.63, 3.8) is 0 Å². The molecule has 2 amide bonds. The summed E-state index contributed by atoms with van der Waals surface area (Å²) < 4.78 is 12.3. The van der Waals surface area contributed by atoms with Crippen LogP contribution in [-0.4, -0.2) is 43.1 Å². The predicted octanol–water partition coefficient (Wildman–Crippen LogP) is 2.95. The number of carbonyl (C=O) groups is 2. The minimum Gasteiger partial charge on any atom is -0.463 e. The Morgan fingerprint density at radius 3 is 2.97 bits per heavy atom. The molecule has 0 saturated heterocycles. The third-order valence-corrected chi connectivity index (χ3v) is 4.89. The van der Waals surface area contributed by atoms with Gasteiger partial charge in [0.15, 0.2) is 17.6 Å². The monoisotopic (exact) mass is 443 g/mol. The Bertz CT molecular complexity index is 1170. The summed E-state index contributed by atoms with van der Waals surface area (Å²) in [5, 5.41) is 13.6. The Morgan fingerprint density at radius 2 is 2.19 bits per heavy atom. The number of aryl methyl sites for hydroxylation is 1. The van der Waals surface area contributed by atoms with E-state index in [1.165, 1.54) is 4.68 Å². The van der Waals surface area contributed by atoms with E-state index in [2.05, 4.69) is 30.9 Å². The van der Waals surface area contributed by atoms with Gasteiger partial charge in [-0.3, -0.25) is 10.1 Å². The van der Waals surface area contributed by atoms with Gasteiger partial charge in [-0.05, 0) is 32.0 Å². The lowest BCUT2D eigenvalue weighted by Crippen LogP contribution is -2.34. The van der Waals surface area contributed by atoms with Gasteiger partial charge in [-0.1, -0.05) is 22.9 Å². The number of hydrogen-bond acceptors (Lipinski definition) is 8. The van der Waals surface area contributed by atoms with Gasteiger partial charge in [0, 0.05) is 18.8 Å². The van der Waals surface area contributed by atoms with E-state index in [-0.39, 0.29) is 22.8 Å². The number of amides is 2. The van der Waals surface area contributed by atoms with E-state index >= 15 is 0 Å². The van der Waals surface area contributed by atoms with Crippen LogP contribution in [-0.2, 0) is 16.6 Å². The fourth-order valence-electron chi connectivity index (χ4n) is 2.93. The number of anilines is 2. The van der Waals surface area contributed by atoms with E-state index in [9.17, 15) is 9.59 Å². The van der Waals surface area contributed by atoms with Crippen LogP contribution in [0.15, 0.2) is 30.5 Å². The molecule has 1 unspecified atom stereocenters. The van der Waals surface area contributed by atoms with Crippen LogP contribution in [0.4, 0.5) is 16.3 Å². The fraction of sp³-hybridized carbons (Fsp3) is 0.263. The Kier molecular flexibility index (Phi) is 5.42. The lowest BCUT2D eigenvalue weighted by atomic mass is 10.2. The lowest BCUT2D eigenvalue weighted by molar-refractivity contribution is -0.122. The van der Waals surface area contributed by atoms with E-state index in [4.69, 9.17) is 21.1 Å². The van der Waals surface area contributed by atoms with Crippen molar-refractivity contribution >= 4 is 35.1 Å². The molecule has 0 fully saturated rings. The number of ether oxygens (including phenoxy) is 2. The van der Waals surface area contributed by atoms with E-state index in [0.717, 1.165) is 0 Å². The molecular formula is C19H18ClN7O4. The Hall–Kier alpha value is -3.73. The predicted molar refractivity (Wildman–Crippen MR) is 111 cm³/mol. The van der Waals surface area contributed by atoms with Crippen molar-refractivity contribution in [3.8, 4) is 17.3 Å². The molecule has 2 N–H and O–H groups in total. The zero-order valence-electron chi connectivity index (χ0n) is 16.8. The molecule has 1 aliphatic heterocycles. The Labute approximate surface area is 181 Å². The molecule has 3 aromatic rings. The summed E-state index contributed by atoms with van der Waals surface area (Å²) >= 11 is 6.06. The zero-order chi connectivity index (χ0) is 22.1. The number of nitrogens with one attached hydrogen (secondary N) is 2. The number of fused-ring (bicyclic) bond motifs is 1. The second-order valence-corrected chi connectivity index (χ2v) is 7.12. The smallest absolute Gasteiger partial charge is 0.413 e. The molecule has 2 atom stereocenters. The number of carbonyl (C=O) groups excluding carboxylic acids is 2. The lowest BCUT2D eigenvalue weighted by Gasteiger charge is -2.22. The quantitative estimate of drug-likeness (QED) is 0.588. The third-order valence-electron chi connectivity index (χ3n) is 4.58. The van der Waals surface area contributed by atoms with Gasteiger partial charge in [-0.2, -0.15) is 0 Å². The van der Waals surface area contributed by atoms with Crippen LogP contribution < -0.4 is 15.4 Å². The molecular weight excluding hydrogens is 426 g/mol. The maximum Gasteiger partial charge on any atom is 0.413 e. The third kappa shape index (κ3) is 4.12. The highest BCUT2D eigenvalue weighted by molar-refractivity contribution is 6.30. The molecule has 4 heterocycles. The summed E-state index contributed by atoms with van der Waals surface area (Å²) in [4.78, 5) is 32.6. The van der Waals surface area contributed by atoms with Crippen molar-refractivity contribution in [1.82, 2.24) is 25.0 Å². The van der Waals surface area contributed by atoms with Crippen molar-refractivity contribution in [3.05, 3.63) is 41.2 Å². The van der Waals surface area contributed by atoms with Crippen molar-refractivity contribution in [2.75, 3.05) is 10.6 Å². The van der Waals surface area contributed by atoms with Gasteiger partial charge < -0.3 is 14.8 Å². The molecule has 0 aliphatic carbocycles. The first kappa shape index (κ1) is 20.5. The molecule has 0 spiro atoms. The first-order valence-corrected chi connectivity index (χ1v) is 9.68. The highest BCUT2D eigenvalue weighted by Gasteiger charge is 2.26. The molecule has 0 bridgehead atoms. The molecule has 31 heavy (non-hydrogen) atoms. The van der Waals surface area contributed by atoms with Gasteiger partial charge in [-0.25, -0.2) is 19.4 Å². The molecule has 11 nitrogen and oxygen atoms in total. The molecule has 0 saturated carbocycles. The maximum absolute atomic E-state index is 12.5. The summed E-state index contributed by atoms with van der Waals surface area (Å²) in [7, 11) is 1.62. The highest BCUT2D eigenvalue weighted by Crippen LogP contribution is 2.32. The van der Waals surface area contributed by atoms with Gasteiger partial charge in [-0.15, -0.1) is 5.10 Å². The molecule has 1 aliphatic rings. The standard InChI is InChI=1S/C19H18ClN7O4/c1-9(11-5-4-8-21-15(11)20)31-19(29)24-16-14(25-26-27(16)3)12-6-7-13-18(23-12)30-10(2)17(28)22-13/h4-10H,1-3H3,(H,22,28)(H,24,29)/t9-,10?/m1/s1. The summed E-state index contributed by atoms with van der Waals surface area (Å²) in [6.45, 7) is 3.30. The number of pyridine rings is 2. The van der Waals surface area contributed by atoms with Crippen molar-refractivity contribution < 1.29 is 19.1 Å². The van der Waals surface area contributed by atoms with Crippen LogP contribution in [0, 0.1) is 0 Å². The van der Waals surface area contributed by atoms with Crippen molar-refractivity contribution in [2.24, 2.45) is 7.05 Å². The highest BCUT2D eigenvalue weighted by atomic mass is 35.5. The minimum absolute atomic E-state index is 0.253.